The fraction of sp³-hybridized carbons (Fsp3) is 0.222. The lowest BCUT2D eigenvalue weighted by Crippen LogP contribution is -2.33. The molecule has 3 amide bonds. The van der Waals surface area contributed by atoms with Crippen LogP contribution in [-0.2, 0) is 9.53 Å². The number of anilines is 2. The predicted octanol–water partition coefficient (Wildman–Crippen LogP) is 1.93. The van der Waals surface area contributed by atoms with E-state index in [-0.39, 0.29) is 30.2 Å². The van der Waals surface area contributed by atoms with Gasteiger partial charge in [0.25, 0.3) is 5.91 Å². The molecule has 1 aliphatic heterocycles. The minimum absolute atomic E-state index is 0.165. The molecule has 140 valence electrons. The number of carbonyl (C=O) groups excluding carboxylic acids is 3. The number of hydrogen-bond acceptors (Lipinski definition) is 5. The zero-order valence-corrected chi connectivity index (χ0v) is 14.4. The van der Waals surface area contributed by atoms with Crippen LogP contribution < -0.4 is 15.5 Å². The van der Waals surface area contributed by atoms with Crippen molar-refractivity contribution in [1.29, 1.82) is 0 Å². The average molecular weight is 372 g/mol. The standard InChI is InChI=1S/C18H17FN4O4/c1-11(24)21-9-13-10-23(18(26)27-13)12-5-6-14(15(19)8-12)17(25)22-16-4-2-3-7-20-16/h2-8,13H,9-10H2,1H3,(H,21,24)(H,20,22,25)/t13-/m0/s1. The minimum atomic E-state index is -0.779. The van der Waals surface area contributed by atoms with Crippen molar-refractivity contribution in [1.82, 2.24) is 10.3 Å². The molecule has 0 saturated carbocycles. The van der Waals surface area contributed by atoms with Gasteiger partial charge >= 0.3 is 6.09 Å². The molecule has 9 heteroatoms. The summed E-state index contributed by atoms with van der Waals surface area (Å²) in [5, 5.41) is 5.06. The predicted molar refractivity (Wildman–Crippen MR) is 94.9 cm³/mol. The first-order chi connectivity index (χ1) is 12.9. The molecule has 1 aliphatic rings. The largest absolute Gasteiger partial charge is 0.442 e. The fourth-order valence-electron chi connectivity index (χ4n) is 2.57. The van der Waals surface area contributed by atoms with E-state index in [4.69, 9.17) is 4.74 Å². The molecule has 8 nitrogen and oxygen atoms in total. The Kier molecular flexibility index (Phi) is 5.30. The van der Waals surface area contributed by atoms with E-state index < -0.39 is 23.9 Å². The van der Waals surface area contributed by atoms with Gasteiger partial charge in [0.15, 0.2) is 0 Å². The topological polar surface area (TPSA) is 101 Å². The zero-order valence-electron chi connectivity index (χ0n) is 14.4. The number of hydrogen-bond donors (Lipinski definition) is 2. The van der Waals surface area contributed by atoms with E-state index in [9.17, 15) is 18.8 Å². The molecule has 1 aromatic heterocycles. The fourth-order valence-corrected chi connectivity index (χ4v) is 2.57. The van der Waals surface area contributed by atoms with Crippen molar-refractivity contribution in [2.45, 2.75) is 13.0 Å². The second-order valence-corrected chi connectivity index (χ2v) is 5.89. The van der Waals surface area contributed by atoms with Crippen LogP contribution in [0.3, 0.4) is 0 Å². The van der Waals surface area contributed by atoms with Crippen molar-refractivity contribution in [3.05, 3.63) is 54.0 Å². The van der Waals surface area contributed by atoms with Gasteiger partial charge in [-0.2, -0.15) is 0 Å². The Labute approximate surface area is 154 Å². The first-order valence-corrected chi connectivity index (χ1v) is 8.18. The molecule has 3 rings (SSSR count). The van der Waals surface area contributed by atoms with Gasteiger partial charge in [-0.05, 0) is 30.3 Å². The molecule has 0 unspecified atom stereocenters. The minimum Gasteiger partial charge on any atom is -0.442 e. The number of nitrogens with zero attached hydrogens (tertiary/aromatic N) is 2. The Hall–Kier alpha value is -3.49. The Morgan fingerprint density at radius 3 is 2.81 bits per heavy atom. The maximum Gasteiger partial charge on any atom is 0.414 e. The second kappa shape index (κ2) is 7.81. The molecule has 0 spiro atoms. The number of aromatic nitrogens is 1. The molecule has 2 heterocycles. The maximum atomic E-state index is 14.4. The number of halogens is 1. The summed E-state index contributed by atoms with van der Waals surface area (Å²) in [5.74, 6) is -1.36. The molecule has 1 fully saturated rings. The highest BCUT2D eigenvalue weighted by Gasteiger charge is 2.32. The van der Waals surface area contributed by atoms with E-state index in [2.05, 4.69) is 15.6 Å². The van der Waals surface area contributed by atoms with Gasteiger partial charge < -0.3 is 15.4 Å². The van der Waals surface area contributed by atoms with Gasteiger partial charge in [-0.25, -0.2) is 14.2 Å². The van der Waals surface area contributed by atoms with Gasteiger partial charge in [0.2, 0.25) is 5.91 Å². The second-order valence-electron chi connectivity index (χ2n) is 5.89. The smallest absolute Gasteiger partial charge is 0.414 e. The van der Waals surface area contributed by atoms with Crippen molar-refractivity contribution >= 4 is 29.4 Å². The van der Waals surface area contributed by atoms with Crippen LogP contribution in [0.2, 0.25) is 0 Å². The maximum absolute atomic E-state index is 14.4. The zero-order chi connectivity index (χ0) is 19.4. The highest BCUT2D eigenvalue weighted by molar-refractivity contribution is 6.04. The van der Waals surface area contributed by atoms with Gasteiger partial charge in [0.1, 0.15) is 17.7 Å². The van der Waals surface area contributed by atoms with Crippen LogP contribution in [0.4, 0.5) is 20.7 Å². The molecule has 1 aromatic carbocycles. The van der Waals surface area contributed by atoms with Gasteiger partial charge in [0, 0.05) is 13.1 Å². The lowest BCUT2D eigenvalue weighted by molar-refractivity contribution is -0.119. The first kappa shape index (κ1) is 18.3. The molecule has 0 radical (unpaired) electrons. The number of nitrogens with one attached hydrogen (secondary N) is 2. The quantitative estimate of drug-likeness (QED) is 0.835. The SMILES string of the molecule is CC(=O)NC[C@H]1CN(c2ccc(C(=O)Nc3ccccn3)c(F)c2)C(=O)O1. The summed E-state index contributed by atoms with van der Waals surface area (Å²) in [4.78, 5) is 40.3. The molecule has 1 saturated heterocycles. The summed E-state index contributed by atoms with van der Waals surface area (Å²) in [6, 6.07) is 8.81. The summed E-state index contributed by atoms with van der Waals surface area (Å²) in [7, 11) is 0. The molecule has 1 atom stereocenters. The number of benzene rings is 1. The van der Waals surface area contributed by atoms with E-state index in [1.807, 2.05) is 0 Å². The highest BCUT2D eigenvalue weighted by Crippen LogP contribution is 2.24. The Morgan fingerprint density at radius 1 is 1.33 bits per heavy atom. The lowest BCUT2D eigenvalue weighted by atomic mass is 10.1. The molecule has 27 heavy (non-hydrogen) atoms. The molecular formula is C18H17FN4O4. The third-order valence-corrected chi connectivity index (χ3v) is 3.87. The van der Waals surface area contributed by atoms with Gasteiger partial charge in [-0.15, -0.1) is 0 Å². The van der Waals surface area contributed by atoms with Crippen molar-refractivity contribution in [2.75, 3.05) is 23.3 Å². The van der Waals surface area contributed by atoms with Crippen LogP contribution in [0.1, 0.15) is 17.3 Å². The normalized spacial score (nSPS) is 16.0. The number of rotatable bonds is 5. The van der Waals surface area contributed by atoms with Gasteiger partial charge in [-0.3, -0.25) is 14.5 Å². The highest BCUT2D eigenvalue weighted by atomic mass is 19.1. The van der Waals surface area contributed by atoms with E-state index >= 15 is 0 Å². The van der Waals surface area contributed by atoms with Crippen LogP contribution in [0.15, 0.2) is 42.6 Å². The van der Waals surface area contributed by atoms with E-state index in [1.165, 1.54) is 30.2 Å². The van der Waals surface area contributed by atoms with Crippen LogP contribution in [0.25, 0.3) is 0 Å². The van der Waals surface area contributed by atoms with Gasteiger partial charge in [0.05, 0.1) is 24.3 Å². The molecule has 2 N–H and O–H groups in total. The van der Waals surface area contributed by atoms with Crippen molar-refractivity contribution in [3.63, 3.8) is 0 Å². The number of pyridine rings is 1. The molecule has 0 aliphatic carbocycles. The number of cyclic esters (lactones) is 1. The Morgan fingerprint density at radius 2 is 2.15 bits per heavy atom. The number of carbonyl (C=O) groups is 3. The van der Waals surface area contributed by atoms with Crippen molar-refractivity contribution < 1.29 is 23.5 Å². The monoisotopic (exact) mass is 372 g/mol. The third-order valence-electron chi connectivity index (χ3n) is 3.87. The Balaban J connectivity index is 1.70. The third kappa shape index (κ3) is 4.38. The summed E-state index contributed by atoms with van der Waals surface area (Å²) >= 11 is 0. The van der Waals surface area contributed by atoms with Crippen molar-refractivity contribution in [2.24, 2.45) is 0 Å². The molecule has 0 bridgehead atoms. The lowest BCUT2D eigenvalue weighted by Gasteiger charge is -2.14. The first-order valence-electron chi connectivity index (χ1n) is 8.18. The van der Waals surface area contributed by atoms with Crippen LogP contribution >= 0.6 is 0 Å². The Bertz CT molecular complexity index is 875. The summed E-state index contributed by atoms with van der Waals surface area (Å²) in [6.45, 7) is 1.70. The number of ether oxygens (including phenoxy) is 1. The summed E-state index contributed by atoms with van der Waals surface area (Å²) in [5.41, 5.74) is 0.0870. The van der Waals surface area contributed by atoms with Gasteiger partial charge in [-0.1, -0.05) is 6.07 Å². The van der Waals surface area contributed by atoms with E-state index in [1.54, 1.807) is 18.2 Å². The van der Waals surface area contributed by atoms with Crippen LogP contribution in [-0.4, -0.2) is 42.1 Å². The van der Waals surface area contributed by atoms with Crippen LogP contribution in [0, 0.1) is 5.82 Å². The summed E-state index contributed by atoms with van der Waals surface area (Å²) < 4.78 is 19.6. The molecule has 2 aromatic rings. The number of amides is 3. The molecular weight excluding hydrogens is 355 g/mol. The van der Waals surface area contributed by atoms with E-state index in [0.717, 1.165) is 6.07 Å². The summed E-state index contributed by atoms with van der Waals surface area (Å²) in [6.07, 6.45) is 0.331. The van der Waals surface area contributed by atoms with E-state index in [0.29, 0.717) is 5.82 Å². The average Bonchev–Trinajstić information content (AvgIpc) is 3.01. The van der Waals surface area contributed by atoms with Crippen molar-refractivity contribution in [3.8, 4) is 0 Å². The van der Waals surface area contributed by atoms with Crippen LogP contribution in [0.5, 0.6) is 0 Å².